The zero-order chi connectivity index (χ0) is 13.3. The molecule has 18 heavy (non-hydrogen) atoms. The summed E-state index contributed by atoms with van der Waals surface area (Å²) in [5.74, 6) is 0.857. The van der Waals surface area contributed by atoms with Crippen LogP contribution in [0, 0.1) is 16.0 Å². The van der Waals surface area contributed by atoms with Crippen LogP contribution < -0.4 is 10.6 Å². The van der Waals surface area contributed by atoms with Crippen molar-refractivity contribution >= 4 is 11.5 Å². The van der Waals surface area contributed by atoms with Gasteiger partial charge in [-0.2, -0.15) is 0 Å². The third kappa shape index (κ3) is 2.31. The summed E-state index contributed by atoms with van der Waals surface area (Å²) >= 11 is 0. The Labute approximate surface area is 106 Å². The first-order valence-electron chi connectivity index (χ1n) is 6.17. The molecule has 0 saturated carbocycles. The highest BCUT2D eigenvalue weighted by Crippen LogP contribution is 2.32. The topological polar surface area (TPSA) is 90.2 Å². The van der Waals surface area contributed by atoms with Gasteiger partial charge in [0.15, 0.2) is 0 Å². The van der Waals surface area contributed by atoms with Gasteiger partial charge in [0.25, 0.3) is 0 Å². The van der Waals surface area contributed by atoms with Gasteiger partial charge in [0.2, 0.25) is 5.82 Å². The lowest BCUT2D eigenvalue weighted by atomic mass is 9.93. The van der Waals surface area contributed by atoms with Crippen LogP contribution in [0.25, 0.3) is 0 Å². The Morgan fingerprint density at radius 2 is 2.33 bits per heavy atom. The van der Waals surface area contributed by atoms with Gasteiger partial charge in [0, 0.05) is 19.6 Å². The van der Waals surface area contributed by atoms with E-state index in [1.807, 2.05) is 4.90 Å². The van der Waals surface area contributed by atoms with Crippen molar-refractivity contribution in [2.24, 2.45) is 18.7 Å². The molecule has 7 heteroatoms. The summed E-state index contributed by atoms with van der Waals surface area (Å²) in [6, 6.07) is 0.265. The van der Waals surface area contributed by atoms with E-state index in [0.29, 0.717) is 18.3 Å². The molecule has 1 aliphatic rings. The minimum atomic E-state index is -0.374. The number of nitrogens with two attached hydrogens (primary N) is 1. The zero-order valence-electron chi connectivity index (χ0n) is 10.7. The SMILES string of the molecule is CC1CCC(CN)CN1c1nn(C)cc1[N+](=O)[O-]. The molecule has 0 amide bonds. The van der Waals surface area contributed by atoms with E-state index in [4.69, 9.17) is 5.73 Å². The molecule has 2 N–H and O–H groups in total. The summed E-state index contributed by atoms with van der Waals surface area (Å²) in [4.78, 5) is 12.7. The standard InChI is InChI=1S/C11H19N5O2/c1-8-3-4-9(5-12)6-15(8)11-10(16(17)18)7-14(2)13-11/h7-9H,3-6,12H2,1-2H3. The van der Waals surface area contributed by atoms with Crippen molar-refractivity contribution in [2.45, 2.75) is 25.8 Å². The third-order valence-electron chi connectivity index (χ3n) is 3.57. The van der Waals surface area contributed by atoms with Gasteiger partial charge < -0.3 is 10.6 Å². The normalized spacial score (nSPS) is 24.3. The van der Waals surface area contributed by atoms with Gasteiger partial charge in [0.1, 0.15) is 6.20 Å². The maximum atomic E-state index is 11.0. The van der Waals surface area contributed by atoms with Gasteiger partial charge in [-0.1, -0.05) is 0 Å². The van der Waals surface area contributed by atoms with E-state index in [9.17, 15) is 10.1 Å². The maximum Gasteiger partial charge on any atom is 0.330 e. The number of hydrogen-bond acceptors (Lipinski definition) is 5. The average Bonchev–Trinajstić information content (AvgIpc) is 2.72. The van der Waals surface area contributed by atoms with Crippen molar-refractivity contribution in [3.63, 3.8) is 0 Å². The van der Waals surface area contributed by atoms with Crippen LogP contribution in [0.15, 0.2) is 6.20 Å². The molecule has 1 aromatic rings. The Hall–Kier alpha value is -1.63. The number of piperidine rings is 1. The van der Waals surface area contributed by atoms with E-state index in [-0.39, 0.29) is 16.7 Å². The zero-order valence-corrected chi connectivity index (χ0v) is 10.7. The lowest BCUT2D eigenvalue weighted by Crippen LogP contribution is -2.44. The van der Waals surface area contributed by atoms with Gasteiger partial charge in [-0.05, 0) is 32.2 Å². The Morgan fingerprint density at radius 3 is 2.94 bits per heavy atom. The number of aryl methyl sites for hydroxylation is 1. The fourth-order valence-electron chi connectivity index (χ4n) is 2.47. The fraction of sp³-hybridized carbons (Fsp3) is 0.727. The fourth-order valence-corrected chi connectivity index (χ4v) is 2.47. The quantitative estimate of drug-likeness (QED) is 0.638. The summed E-state index contributed by atoms with van der Waals surface area (Å²) in [5, 5.41) is 15.3. The number of hydrogen-bond donors (Lipinski definition) is 1. The van der Waals surface area contributed by atoms with Crippen LogP contribution in [-0.2, 0) is 7.05 Å². The Kier molecular flexibility index (Phi) is 3.51. The number of rotatable bonds is 3. The number of nitrogens with zero attached hydrogens (tertiary/aromatic N) is 4. The van der Waals surface area contributed by atoms with Gasteiger partial charge in [-0.3, -0.25) is 14.8 Å². The van der Waals surface area contributed by atoms with Crippen LogP contribution in [0.4, 0.5) is 11.5 Å². The molecule has 2 unspecified atom stereocenters. The smallest absolute Gasteiger partial charge is 0.330 e. The Bertz CT molecular complexity index is 445. The Morgan fingerprint density at radius 1 is 1.61 bits per heavy atom. The molecule has 2 heterocycles. The number of anilines is 1. The molecule has 1 saturated heterocycles. The molecular formula is C11H19N5O2. The van der Waals surface area contributed by atoms with Gasteiger partial charge in [-0.15, -0.1) is 5.10 Å². The molecule has 7 nitrogen and oxygen atoms in total. The summed E-state index contributed by atoms with van der Waals surface area (Å²) < 4.78 is 1.49. The highest BCUT2D eigenvalue weighted by Gasteiger charge is 2.31. The highest BCUT2D eigenvalue weighted by molar-refractivity contribution is 5.57. The molecule has 0 radical (unpaired) electrons. The first-order chi connectivity index (χ1) is 8.52. The van der Waals surface area contributed by atoms with Crippen LogP contribution >= 0.6 is 0 Å². The van der Waals surface area contributed by atoms with E-state index >= 15 is 0 Å². The van der Waals surface area contributed by atoms with E-state index in [2.05, 4.69) is 12.0 Å². The molecule has 0 spiro atoms. The van der Waals surface area contributed by atoms with Gasteiger partial charge >= 0.3 is 5.69 Å². The van der Waals surface area contributed by atoms with Gasteiger partial charge in [0.05, 0.1) is 4.92 Å². The van der Waals surface area contributed by atoms with E-state index < -0.39 is 0 Å². The van der Waals surface area contributed by atoms with Crippen LogP contribution in [0.3, 0.4) is 0 Å². The first kappa shape index (κ1) is 12.8. The van der Waals surface area contributed by atoms with Crippen LogP contribution in [-0.4, -0.2) is 33.8 Å². The third-order valence-corrected chi connectivity index (χ3v) is 3.57. The van der Waals surface area contributed by atoms with Gasteiger partial charge in [-0.25, -0.2) is 0 Å². The van der Waals surface area contributed by atoms with Crippen LogP contribution in [0.5, 0.6) is 0 Å². The molecule has 0 bridgehead atoms. The van der Waals surface area contributed by atoms with Crippen LogP contribution in [0.2, 0.25) is 0 Å². The molecule has 1 fully saturated rings. The lowest BCUT2D eigenvalue weighted by Gasteiger charge is -2.37. The minimum Gasteiger partial charge on any atom is -0.346 e. The van der Waals surface area contributed by atoms with Crippen LogP contribution in [0.1, 0.15) is 19.8 Å². The molecule has 2 atom stereocenters. The summed E-state index contributed by atoms with van der Waals surface area (Å²) in [6.07, 6.45) is 3.53. The first-order valence-corrected chi connectivity index (χ1v) is 6.17. The predicted octanol–water partition coefficient (Wildman–Crippen LogP) is 0.892. The van der Waals surface area contributed by atoms with Crippen molar-refractivity contribution in [3.05, 3.63) is 16.3 Å². The number of nitro groups is 1. The van der Waals surface area contributed by atoms with E-state index in [0.717, 1.165) is 19.4 Å². The van der Waals surface area contributed by atoms with Crippen molar-refractivity contribution in [3.8, 4) is 0 Å². The molecule has 1 aliphatic heterocycles. The van der Waals surface area contributed by atoms with Crippen molar-refractivity contribution in [2.75, 3.05) is 18.0 Å². The summed E-state index contributed by atoms with van der Waals surface area (Å²) in [7, 11) is 1.70. The summed E-state index contributed by atoms with van der Waals surface area (Å²) in [5.41, 5.74) is 5.78. The molecule has 100 valence electrons. The van der Waals surface area contributed by atoms with Crippen molar-refractivity contribution in [1.29, 1.82) is 0 Å². The second-order valence-electron chi connectivity index (χ2n) is 4.95. The van der Waals surface area contributed by atoms with E-state index in [1.165, 1.54) is 10.9 Å². The molecule has 2 rings (SSSR count). The minimum absolute atomic E-state index is 0.0713. The Balaban J connectivity index is 2.31. The largest absolute Gasteiger partial charge is 0.346 e. The maximum absolute atomic E-state index is 11.0. The molecule has 0 aromatic carbocycles. The number of aromatic nitrogens is 2. The highest BCUT2D eigenvalue weighted by atomic mass is 16.6. The lowest BCUT2D eigenvalue weighted by molar-refractivity contribution is -0.384. The molecular weight excluding hydrogens is 234 g/mol. The summed E-state index contributed by atoms with van der Waals surface area (Å²) in [6.45, 7) is 3.44. The molecule has 1 aromatic heterocycles. The van der Waals surface area contributed by atoms with Crippen molar-refractivity contribution in [1.82, 2.24) is 9.78 Å². The molecule has 0 aliphatic carbocycles. The van der Waals surface area contributed by atoms with Crippen molar-refractivity contribution < 1.29 is 4.92 Å². The average molecular weight is 253 g/mol. The second-order valence-corrected chi connectivity index (χ2v) is 4.95. The predicted molar refractivity (Wildman–Crippen MR) is 68.4 cm³/mol. The second kappa shape index (κ2) is 4.93. The van der Waals surface area contributed by atoms with E-state index in [1.54, 1.807) is 7.05 Å². The monoisotopic (exact) mass is 253 g/mol.